The Morgan fingerprint density at radius 1 is 0.833 bits per heavy atom. The third kappa shape index (κ3) is 3.36. The smallest absolute Gasteiger partial charge is 0.203 e. The second-order valence-corrected chi connectivity index (χ2v) is 8.44. The summed E-state index contributed by atoms with van der Waals surface area (Å²) >= 11 is 1.82. The normalized spacial score (nSPS) is 11.2. The minimum absolute atomic E-state index is 0.0467. The molecule has 5 rings (SSSR count). The Kier molecular flexibility index (Phi) is 4.77. The van der Waals surface area contributed by atoms with Gasteiger partial charge in [0.1, 0.15) is 11.8 Å². The van der Waals surface area contributed by atoms with Crippen LogP contribution in [-0.4, -0.2) is 6.29 Å². The third-order valence-electron chi connectivity index (χ3n) is 5.36. The van der Waals surface area contributed by atoms with Gasteiger partial charge < -0.3 is 4.42 Å². The van der Waals surface area contributed by atoms with Gasteiger partial charge in [0.05, 0.1) is 10.9 Å². The molecule has 4 heteroatoms. The Morgan fingerprint density at radius 2 is 1.63 bits per heavy atom. The molecule has 0 saturated heterocycles. The summed E-state index contributed by atoms with van der Waals surface area (Å²) in [6.45, 7) is 0. The van der Waals surface area contributed by atoms with Gasteiger partial charge in [0.15, 0.2) is 6.29 Å². The number of rotatable bonds is 5. The van der Waals surface area contributed by atoms with Crippen LogP contribution in [0, 0.1) is 0 Å². The quantitative estimate of drug-likeness (QED) is 0.334. The van der Waals surface area contributed by atoms with Gasteiger partial charge in [-0.25, -0.2) is 0 Å². The molecule has 2 aromatic heterocycles. The summed E-state index contributed by atoms with van der Waals surface area (Å²) in [7, 11) is 0. The first kappa shape index (κ1) is 18.5. The molecule has 3 aromatic carbocycles. The molecule has 0 fully saturated rings. The van der Waals surface area contributed by atoms with Crippen molar-refractivity contribution in [2.24, 2.45) is 0 Å². The van der Waals surface area contributed by atoms with Gasteiger partial charge in [0, 0.05) is 16.0 Å². The van der Waals surface area contributed by atoms with Crippen LogP contribution >= 0.6 is 11.3 Å². The van der Waals surface area contributed by atoms with Gasteiger partial charge in [-0.1, -0.05) is 54.6 Å². The number of carbonyl (C=O) groups is 1. The molecule has 0 bridgehead atoms. The minimum atomic E-state index is -0.284. The van der Waals surface area contributed by atoms with Gasteiger partial charge in [-0.05, 0) is 46.7 Å². The van der Waals surface area contributed by atoms with Crippen LogP contribution in [-0.2, 0) is 12.8 Å². The predicted octanol–water partition coefficient (Wildman–Crippen LogP) is 6.00. The van der Waals surface area contributed by atoms with E-state index in [1.807, 2.05) is 35.6 Å². The second kappa shape index (κ2) is 7.73. The van der Waals surface area contributed by atoms with Crippen LogP contribution in [0.2, 0.25) is 0 Å². The summed E-state index contributed by atoms with van der Waals surface area (Å²) in [5, 5.41) is 1.70. The summed E-state index contributed by atoms with van der Waals surface area (Å²) in [4.78, 5) is 25.0. The van der Waals surface area contributed by atoms with Crippen molar-refractivity contribution in [2.45, 2.75) is 12.8 Å². The molecule has 0 aliphatic carbocycles. The monoisotopic (exact) mass is 410 g/mol. The molecule has 0 spiro atoms. The zero-order valence-electron chi connectivity index (χ0n) is 16.1. The fourth-order valence-corrected chi connectivity index (χ4v) is 5.11. The molecule has 5 aromatic rings. The molecular weight excluding hydrogens is 392 g/mol. The van der Waals surface area contributed by atoms with Gasteiger partial charge in [0.2, 0.25) is 5.43 Å². The van der Waals surface area contributed by atoms with E-state index in [9.17, 15) is 9.59 Å². The van der Waals surface area contributed by atoms with Gasteiger partial charge in [-0.15, -0.1) is 11.3 Å². The third-order valence-corrected chi connectivity index (χ3v) is 6.57. The van der Waals surface area contributed by atoms with Crippen molar-refractivity contribution in [3.05, 3.63) is 116 Å². The van der Waals surface area contributed by atoms with Crippen LogP contribution < -0.4 is 5.43 Å². The topological polar surface area (TPSA) is 47.3 Å². The van der Waals surface area contributed by atoms with E-state index in [0.717, 1.165) is 12.0 Å². The molecule has 3 nitrogen and oxygen atoms in total. The van der Waals surface area contributed by atoms with E-state index in [2.05, 4.69) is 48.5 Å². The Balaban J connectivity index is 1.61. The Hall–Kier alpha value is -3.50. The molecule has 0 unspecified atom stereocenters. The maximum absolute atomic E-state index is 12.5. The number of fused-ring (bicyclic) bond motifs is 2. The van der Waals surface area contributed by atoms with E-state index in [1.54, 1.807) is 0 Å². The fraction of sp³-hybridized carbons (Fsp3) is 0.0769. The lowest BCUT2D eigenvalue weighted by Crippen LogP contribution is -2.08. The number of hydrogen-bond acceptors (Lipinski definition) is 4. The molecule has 30 heavy (non-hydrogen) atoms. The number of hydrogen-bond donors (Lipinski definition) is 0. The average Bonchev–Trinajstić information content (AvgIpc) is 3.12. The van der Waals surface area contributed by atoms with Crippen molar-refractivity contribution < 1.29 is 9.21 Å². The van der Waals surface area contributed by atoms with Crippen LogP contribution in [0.5, 0.6) is 0 Å². The summed E-state index contributed by atoms with van der Waals surface area (Å²) in [6.07, 6.45) is 3.36. The molecule has 0 N–H and O–H groups in total. The van der Waals surface area contributed by atoms with E-state index < -0.39 is 0 Å². The van der Waals surface area contributed by atoms with Crippen molar-refractivity contribution in [2.75, 3.05) is 0 Å². The van der Waals surface area contributed by atoms with E-state index in [-0.39, 0.29) is 11.0 Å². The summed E-state index contributed by atoms with van der Waals surface area (Å²) < 4.78 is 6.71. The maximum atomic E-state index is 12.5. The van der Waals surface area contributed by atoms with Crippen molar-refractivity contribution in [3.8, 4) is 0 Å². The first-order valence-corrected chi connectivity index (χ1v) is 10.6. The molecule has 0 aliphatic heterocycles. The standard InChI is InChI=1S/C26H18O3S/c27-15-19-16-29-23-11-10-18(13-22(23)26(19)28)12-21-20-8-4-5-9-24(20)30-25(21)14-17-6-2-1-3-7-17/h1-11,13,15-16H,12,14H2. The first-order valence-electron chi connectivity index (χ1n) is 9.76. The lowest BCUT2D eigenvalue weighted by molar-refractivity contribution is 0.112. The SMILES string of the molecule is O=Cc1coc2ccc(Cc3c(Cc4ccccc4)sc4ccccc34)cc2c1=O. The number of aldehydes is 1. The van der Waals surface area contributed by atoms with Crippen LogP contribution in [0.3, 0.4) is 0 Å². The fourth-order valence-electron chi connectivity index (χ4n) is 3.86. The summed E-state index contributed by atoms with van der Waals surface area (Å²) in [6, 6.07) is 24.6. The zero-order valence-corrected chi connectivity index (χ0v) is 16.9. The van der Waals surface area contributed by atoms with E-state index in [4.69, 9.17) is 4.42 Å². The average molecular weight is 410 g/mol. The van der Waals surface area contributed by atoms with Gasteiger partial charge in [-0.3, -0.25) is 9.59 Å². The highest BCUT2D eigenvalue weighted by Gasteiger charge is 2.14. The van der Waals surface area contributed by atoms with E-state index in [0.29, 0.717) is 23.7 Å². The van der Waals surface area contributed by atoms with Crippen LogP contribution in [0.1, 0.15) is 31.9 Å². The zero-order chi connectivity index (χ0) is 20.5. The van der Waals surface area contributed by atoms with Crippen molar-refractivity contribution in [1.82, 2.24) is 0 Å². The number of benzene rings is 3. The first-order chi connectivity index (χ1) is 14.7. The predicted molar refractivity (Wildman–Crippen MR) is 122 cm³/mol. The summed E-state index contributed by atoms with van der Waals surface area (Å²) in [5.74, 6) is 0. The molecule has 0 amide bonds. The van der Waals surface area contributed by atoms with Crippen LogP contribution in [0.25, 0.3) is 21.1 Å². The van der Waals surface area contributed by atoms with Gasteiger partial charge >= 0.3 is 0 Å². The van der Waals surface area contributed by atoms with Crippen LogP contribution in [0.15, 0.2) is 88.3 Å². The molecule has 0 saturated carbocycles. The van der Waals surface area contributed by atoms with Crippen LogP contribution in [0.4, 0.5) is 0 Å². The Bertz CT molecular complexity index is 1430. The highest BCUT2D eigenvalue weighted by atomic mass is 32.1. The van der Waals surface area contributed by atoms with E-state index >= 15 is 0 Å². The highest BCUT2D eigenvalue weighted by molar-refractivity contribution is 7.19. The van der Waals surface area contributed by atoms with Crippen molar-refractivity contribution in [1.29, 1.82) is 0 Å². The van der Waals surface area contributed by atoms with Gasteiger partial charge in [0.25, 0.3) is 0 Å². The largest absolute Gasteiger partial charge is 0.463 e. The van der Waals surface area contributed by atoms with Gasteiger partial charge in [-0.2, -0.15) is 0 Å². The molecule has 2 heterocycles. The molecule has 0 radical (unpaired) electrons. The summed E-state index contributed by atoms with van der Waals surface area (Å²) in [5.41, 5.74) is 3.85. The Labute approximate surface area is 177 Å². The maximum Gasteiger partial charge on any atom is 0.203 e. The minimum Gasteiger partial charge on any atom is -0.463 e. The lowest BCUT2D eigenvalue weighted by Gasteiger charge is -2.07. The molecule has 0 aliphatic rings. The molecular formula is C26H18O3S. The molecule has 146 valence electrons. The number of thiophene rings is 1. The second-order valence-electron chi connectivity index (χ2n) is 7.31. The van der Waals surface area contributed by atoms with Crippen molar-refractivity contribution >= 4 is 38.7 Å². The lowest BCUT2D eigenvalue weighted by atomic mass is 9.98. The Morgan fingerprint density at radius 3 is 2.47 bits per heavy atom. The molecule has 0 atom stereocenters. The van der Waals surface area contributed by atoms with Crippen molar-refractivity contribution in [3.63, 3.8) is 0 Å². The van der Waals surface area contributed by atoms with E-state index in [1.165, 1.54) is 32.4 Å². The highest BCUT2D eigenvalue weighted by Crippen LogP contribution is 2.34. The number of carbonyl (C=O) groups excluding carboxylic acids is 1.